The third-order valence-electron chi connectivity index (χ3n) is 3.32. The molecule has 1 aliphatic heterocycles. The van der Waals surface area contributed by atoms with E-state index in [0.717, 1.165) is 4.57 Å². The Bertz CT molecular complexity index is 665. The van der Waals surface area contributed by atoms with Gasteiger partial charge in [-0.1, -0.05) is 5.11 Å². The first-order chi connectivity index (χ1) is 11.0. The summed E-state index contributed by atoms with van der Waals surface area (Å²) in [5.41, 5.74) is 5.38. The zero-order valence-electron chi connectivity index (χ0n) is 11.8. The van der Waals surface area contributed by atoms with Crippen molar-refractivity contribution < 1.29 is 24.4 Å². The molecular weight excluding hydrogens is 315 g/mol. The first kappa shape index (κ1) is 17.1. The first-order valence-corrected chi connectivity index (χ1v) is 6.60. The number of aromatic nitrogens is 2. The zero-order valence-corrected chi connectivity index (χ0v) is 11.8. The summed E-state index contributed by atoms with van der Waals surface area (Å²) in [7, 11) is 0. The number of nitrogens with zero attached hydrogens (tertiary/aromatic N) is 5. The molecule has 4 atom stereocenters. The van der Waals surface area contributed by atoms with Crippen LogP contribution >= 0.6 is 0 Å². The summed E-state index contributed by atoms with van der Waals surface area (Å²) in [4.78, 5) is 18.0. The summed E-state index contributed by atoms with van der Waals surface area (Å²) in [6, 6.07) is 1.34. The average molecular weight is 330 g/mol. The van der Waals surface area contributed by atoms with Gasteiger partial charge in [-0.3, -0.25) is 4.57 Å². The van der Waals surface area contributed by atoms with E-state index in [2.05, 4.69) is 20.3 Å². The summed E-state index contributed by atoms with van der Waals surface area (Å²) in [5.74, 6) is 0.165. The maximum Gasteiger partial charge on any atom is 0.351 e. The number of anilines is 1. The van der Waals surface area contributed by atoms with Crippen LogP contribution in [0.1, 0.15) is 6.23 Å². The summed E-state index contributed by atoms with van der Waals surface area (Å²) < 4.78 is 20.1. The van der Waals surface area contributed by atoms with Gasteiger partial charge in [0.1, 0.15) is 11.9 Å². The van der Waals surface area contributed by atoms with Gasteiger partial charge in [0.2, 0.25) is 5.72 Å². The van der Waals surface area contributed by atoms with Crippen molar-refractivity contribution >= 4 is 5.82 Å². The standard InChI is InChI=1S/C11H15FN6O5/c12-7-8(21)11(5-20,16-17-13)23-9(7)18-3-1-6(14-2-4-19)15-10(18)22/h1,3,7-9,19-21H,2,4-5H2,(H,14,15,22)/t7-,8-,9+,11+/m0/s1. The van der Waals surface area contributed by atoms with Crippen molar-refractivity contribution in [2.45, 2.75) is 24.2 Å². The number of nitrogens with one attached hydrogen (secondary N) is 1. The molecule has 4 N–H and O–H groups in total. The lowest BCUT2D eigenvalue weighted by molar-refractivity contribution is -0.124. The second kappa shape index (κ2) is 6.89. The minimum Gasteiger partial charge on any atom is -0.395 e. The highest BCUT2D eigenvalue weighted by atomic mass is 19.1. The molecule has 0 amide bonds. The highest BCUT2D eigenvalue weighted by Crippen LogP contribution is 2.39. The highest BCUT2D eigenvalue weighted by Gasteiger charge is 2.56. The Balaban J connectivity index is 2.32. The van der Waals surface area contributed by atoms with Crippen molar-refractivity contribution in [3.05, 3.63) is 33.2 Å². The average Bonchev–Trinajstić information content (AvgIpc) is 2.79. The quantitative estimate of drug-likeness (QED) is 0.291. The van der Waals surface area contributed by atoms with Crippen LogP contribution in [0.3, 0.4) is 0 Å². The van der Waals surface area contributed by atoms with Crippen molar-refractivity contribution in [2.24, 2.45) is 5.11 Å². The number of ether oxygens (including phenoxy) is 1. The van der Waals surface area contributed by atoms with Gasteiger partial charge in [0.15, 0.2) is 12.4 Å². The Kier molecular flexibility index (Phi) is 5.13. The van der Waals surface area contributed by atoms with E-state index >= 15 is 0 Å². The van der Waals surface area contributed by atoms with E-state index in [9.17, 15) is 19.4 Å². The topological polar surface area (TPSA) is 166 Å². The van der Waals surface area contributed by atoms with Crippen molar-refractivity contribution in [2.75, 3.05) is 25.1 Å². The highest BCUT2D eigenvalue weighted by molar-refractivity contribution is 5.31. The van der Waals surface area contributed by atoms with Crippen LogP contribution in [0.15, 0.2) is 22.2 Å². The molecule has 11 nitrogen and oxygen atoms in total. The molecule has 2 rings (SSSR count). The Labute approximate surface area is 128 Å². The number of rotatable bonds is 6. The largest absolute Gasteiger partial charge is 0.395 e. The monoisotopic (exact) mass is 330 g/mol. The Morgan fingerprint density at radius 1 is 1.61 bits per heavy atom. The summed E-state index contributed by atoms with van der Waals surface area (Å²) in [6.45, 7) is -0.959. The maximum absolute atomic E-state index is 14.3. The number of alkyl halides is 1. The van der Waals surface area contributed by atoms with E-state index in [1.165, 1.54) is 12.3 Å². The van der Waals surface area contributed by atoms with Crippen LogP contribution in [0.25, 0.3) is 10.4 Å². The van der Waals surface area contributed by atoms with Gasteiger partial charge in [0.05, 0.1) is 13.2 Å². The number of aliphatic hydroxyl groups excluding tert-OH is 3. The van der Waals surface area contributed by atoms with Gasteiger partial charge in [-0.15, -0.1) is 0 Å². The molecule has 0 bridgehead atoms. The molecule has 1 aromatic rings. The number of aliphatic hydroxyl groups is 3. The van der Waals surface area contributed by atoms with Crippen LogP contribution in [0.2, 0.25) is 0 Å². The van der Waals surface area contributed by atoms with Gasteiger partial charge in [-0.25, -0.2) is 9.18 Å². The number of halogens is 1. The molecule has 0 aromatic carbocycles. The fourth-order valence-corrected chi connectivity index (χ4v) is 2.17. The van der Waals surface area contributed by atoms with Crippen LogP contribution in [0.4, 0.5) is 10.2 Å². The van der Waals surface area contributed by atoms with Crippen LogP contribution in [-0.4, -0.2) is 62.6 Å². The van der Waals surface area contributed by atoms with Gasteiger partial charge < -0.3 is 25.4 Å². The molecule has 2 heterocycles. The molecular formula is C11H15FN6O5. The van der Waals surface area contributed by atoms with Crippen LogP contribution in [0, 0.1) is 0 Å². The van der Waals surface area contributed by atoms with Gasteiger partial charge in [0, 0.05) is 17.7 Å². The van der Waals surface area contributed by atoms with Gasteiger partial charge in [0.25, 0.3) is 0 Å². The van der Waals surface area contributed by atoms with Crippen molar-refractivity contribution in [3.8, 4) is 0 Å². The van der Waals surface area contributed by atoms with E-state index < -0.39 is 36.5 Å². The fraction of sp³-hybridized carbons (Fsp3) is 0.636. The van der Waals surface area contributed by atoms with E-state index in [1.807, 2.05) is 0 Å². The molecule has 0 aliphatic carbocycles. The van der Waals surface area contributed by atoms with Crippen molar-refractivity contribution in [1.29, 1.82) is 0 Å². The van der Waals surface area contributed by atoms with Gasteiger partial charge >= 0.3 is 5.69 Å². The molecule has 0 spiro atoms. The maximum atomic E-state index is 14.3. The number of azide groups is 1. The molecule has 12 heteroatoms. The molecule has 1 fully saturated rings. The van der Waals surface area contributed by atoms with E-state index in [1.54, 1.807) is 0 Å². The van der Waals surface area contributed by atoms with Gasteiger partial charge in [-0.2, -0.15) is 4.98 Å². The second-order valence-electron chi connectivity index (χ2n) is 4.74. The Hall–Kier alpha value is -2.24. The summed E-state index contributed by atoms with van der Waals surface area (Å²) >= 11 is 0. The smallest absolute Gasteiger partial charge is 0.351 e. The lowest BCUT2D eigenvalue weighted by atomic mass is 10.1. The Morgan fingerprint density at radius 3 is 2.91 bits per heavy atom. The second-order valence-corrected chi connectivity index (χ2v) is 4.74. The summed E-state index contributed by atoms with van der Waals surface area (Å²) in [5, 5.41) is 33.5. The normalized spacial score (nSPS) is 30.0. The van der Waals surface area contributed by atoms with Crippen molar-refractivity contribution in [1.82, 2.24) is 9.55 Å². The van der Waals surface area contributed by atoms with Crippen molar-refractivity contribution in [3.63, 3.8) is 0 Å². The van der Waals surface area contributed by atoms with Crippen LogP contribution < -0.4 is 11.0 Å². The predicted octanol–water partition coefficient (Wildman–Crippen LogP) is -1.13. The molecule has 126 valence electrons. The number of hydrogen-bond donors (Lipinski definition) is 4. The molecule has 23 heavy (non-hydrogen) atoms. The molecule has 0 saturated carbocycles. The number of hydrogen-bond acceptors (Lipinski definition) is 8. The third kappa shape index (κ3) is 3.11. The lowest BCUT2D eigenvalue weighted by Gasteiger charge is -2.23. The Morgan fingerprint density at radius 2 is 2.35 bits per heavy atom. The molecule has 1 saturated heterocycles. The minimum atomic E-state index is -2.22. The van der Waals surface area contributed by atoms with Crippen LogP contribution in [-0.2, 0) is 4.74 Å². The minimum absolute atomic E-state index is 0.165. The first-order valence-electron chi connectivity index (χ1n) is 6.60. The summed E-state index contributed by atoms with van der Waals surface area (Å²) in [6.07, 6.45) is -4.52. The van der Waals surface area contributed by atoms with E-state index in [-0.39, 0.29) is 19.0 Å². The molecule has 0 unspecified atom stereocenters. The van der Waals surface area contributed by atoms with Crippen LogP contribution in [0.5, 0.6) is 0 Å². The fourth-order valence-electron chi connectivity index (χ4n) is 2.17. The predicted molar refractivity (Wildman–Crippen MR) is 74.1 cm³/mol. The molecule has 0 radical (unpaired) electrons. The van der Waals surface area contributed by atoms with E-state index in [4.69, 9.17) is 15.4 Å². The molecule has 1 aromatic heterocycles. The van der Waals surface area contributed by atoms with E-state index in [0.29, 0.717) is 0 Å². The third-order valence-corrected chi connectivity index (χ3v) is 3.32. The zero-order chi connectivity index (χ0) is 17.0. The lowest BCUT2D eigenvalue weighted by Crippen LogP contribution is -2.43. The SMILES string of the molecule is [N-]=[N+]=N[C@]1(CO)O[C@@H](n2ccc(NCCO)nc2=O)[C@@H](F)[C@@H]1O. The molecule has 1 aliphatic rings. The van der Waals surface area contributed by atoms with Gasteiger partial charge in [-0.05, 0) is 11.6 Å².